The van der Waals surface area contributed by atoms with Gasteiger partial charge in [-0.1, -0.05) is 50.7 Å². The number of benzene rings is 1. The molecular weight excluding hydrogens is 476 g/mol. The lowest BCUT2D eigenvalue weighted by atomic mass is 9.89. The van der Waals surface area contributed by atoms with Crippen LogP contribution in [-0.4, -0.2) is 50.3 Å². The molecule has 1 aromatic rings. The Balaban J connectivity index is 1.68. The molecule has 0 aromatic heterocycles. The van der Waals surface area contributed by atoms with Gasteiger partial charge in [-0.15, -0.1) is 0 Å². The molecule has 2 fully saturated rings. The smallest absolute Gasteiger partial charge is 0.238 e. The average Bonchev–Trinajstić information content (AvgIpc) is 2.89. The molecule has 1 aromatic carbocycles. The molecule has 2 aliphatic carbocycles. The minimum atomic E-state index is -3.79. The first-order valence-corrected chi connectivity index (χ1v) is 15.1. The Kier molecular flexibility index (Phi) is 10.8. The molecule has 0 spiro atoms. The lowest BCUT2D eigenvalue weighted by Gasteiger charge is -2.34. The van der Waals surface area contributed by atoms with E-state index in [2.05, 4.69) is 10.6 Å². The highest BCUT2D eigenvalue weighted by Gasteiger charge is 2.31. The van der Waals surface area contributed by atoms with Gasteiger partial charge in [0.05, 0.1) is 17.0 Å². The van der Waals surface area contributed by atoms with E-state index in [0.717, 1.165) is 31.2 Å². The van der Waals surface area contributed by atoms with Gasteiger partial charge in [0.25, 0.3) is 0 Å². The highest BCUT2D eigenvalue weighted by Crippen LogP contribution is 2.24. The number of amides is 2. The molecule has 2 unspecified atom stereocenters. The summed E-state index contributed by atoms with van der Waals surface area (Å²) in [6.45, 7) is 5.34. The summed E-state index contributed by atoms with van der Waals surface area (Å²) in [7, 11) is -3.79. The van der Waals surface area contributed by atoms with Crippen LogP contribution in [0.3, 0.4) is 0 Å². The predicted octanol–water partition coefficient (Wildman–Crippen LogP) is 3.31. The van der Waals surface area contributed by atoms with Crippen molar-refractivity contribution in [2.24, 2.45) is 17.0 Å². The van der Waals surface area contributed by atoms with Gasteiger partial charge < -0.3 is 10.6 Å². The molecule has 9 heteroatoms. The van der Waals surface area contributed by atoms with Crippen LogP contribution in [0.1, 0.15) is 83.6 Å². The van der Waals surface area contributed by atoms with Crippen LogP contribution in [0.4, 0.5) is 0 Å². The lowest BCUT2D eigenvalue weighted by molar-refractivity contribution is -0.132. The molecule has 36 heavy (non-hydrogen) atoms. The van der Waals surface area contributed by atoms with Crippen LogP contribution in [-0.2, 0) is 26.2 Å². The van der Waals surface area contributed by atoms with E-state index < -0.39 is 22.1 Å². The first kappa shape index (κ1) is 28.6. The Bertz CT molecular complexity index is 914. The van der Waals surface area contributed by atoms with E-state index in [1.165, 1.54) is 50.7 Å². The third-order valence-corrected chi connectivity index (χ3v) is 8.88. The maximum absolute atomic E-state index is 13.2. The molecule has 3 rings (SSSR count). The fraction of sp³-hybridized carbons (Fsp3) is 0.704. The molecule has 0 bridgehead atoms. The second-order valence-corrected chi connectivity index (χ2v) is 12.3. The number of nitrogens with zero attached hydrogens (tertiary/aromatic N) is 1. The zero-order chi connectivity index (χ0) is 26.1. The van der Waals surface area contributed by atoms with Gasteiger partial charge in [0, 0.05) is 19.6 Å². The second kappa shape index (κ2) is 13.5. The van der Waals surface area contributed by atoms with Crippen molar-refractivity contribution in [1.82, 2.24) is 15.5 Å². The Morgan fingerprint density at radius 1 is 0.833 bits per heavy atom. The molecule has 4 N–H and O–H groups in total. The number of hydrogen-bond donors (Lipinski definition) is 3. The quantitative estimate of drug-likeness (QED) is 0.413. The van der Waals surface area contributed by atoms with Crippen molar-refractivity contribution in [3.63, 3.8) is 0 Å². The summed E-state index contributed by atoms with van der Waals surface area (Å²) >= 11 is 0. The number of rotatable bonds is 11. The molecule has 2 amide bonds. The van der Waals surface area contributed by atoms with Gasteiger partial charge in [0.1, 0.15) is 0 Å². The number of nitrogens with two attached hydrogens (primary N) is 1. The molecule has 202 valence electrons. The maximum Gasteiger partial charge on any atom is 0.238 e. The molecular formula is C27H44N4O4S. The zero-order valence-corrected chi connectivity index (χ0v) is 22.7. The summed E-state index contributed by atoms with van der Waals surface area (Å²) in [6, 6.07) is 5.25. The van der Waals surface area contributed by atoms with Crippen LogP contribution >= 0.6 is 0 Å². The van der Waals surface area contributed by atoms with Gasteiger partial charge in [0.15, 0.2) is 0 Å². The average molecular weight is 521 g/mol. The summed E-state index contributed by atoms with van der Waals surface area (Å²) in [5.41, 5.74) is 0.807. The summed E-state index contributed by atoms with van der Waals surface area (Å²) < 4.78 is 23.3. The fourth-order valence-corrected chi connectivity index (χ4v) is 5.99. The standard InChI is InChI=1S/C27H44N4O4S/c1-20(26(32)29-17-22-9-5-3-6-10-22)31(19-24-13-15-25(16-14-24)36(28,34)35)21(2)27(33)30-18-23-11-7-4-8-12-23/h13-16,20-23H,3-12,17-19H2,1-2H3,(H,29,32)(H,30,33)(H2,28,34,35). The largest absolute Gasteiger partial charge is 0.354 e. The lowest BCUT2D eigenvalue weighted by Crippen LogP contribution is -2.54. The number of hydrogen-bond acceptors (Lipinski definition) is 5. The first-order chi connectivity index (χ1) is 17.1. The van der Waals surface area contributed by atoms with Crippen molar-refractivity contribution in [3.05, 3.63) is 29.8 Å². The van der Waals surface area contributed by atoms with Crippen molar-refractivity contribution >= 4 is 21.8 Å². The van der Waals surface area contributed by atoms with Crippen LogP contribution in [0.25, 0.3) is 0 Å². The second-order valence-electron chi connectivity index (χ2n) is 10.7. The Morgan fingerprint density at radius 2 is 1.25 bits per heavy atom. The summed E-state index contributed by atoms with van der Waals surface area (Å²) in [4.78, 5) is 28.2. The number of carbonyl (C=O) groups is 2. The highest BCUT2D eigenvalue weighted by atomic mass is 32.2. The predicted molar refractivity (Wildman–Crippen MR) is 141 cm³/mol. The molecule has 2 saturated carbocycles. The summed E-state index contributed by atoms with van der Waals surface area (Å²) in [5.74, 6) is 0.859. The van der Waals surface area contributed by atoms with Crippen molar-refractivity contribution in [2.75, 3.05) is 13.1 Å². The van der Waals surface area contributed by atoms with Gasteiger partial charge in [0.2, 0.25) is 21.8 Å². The normalized spacial score (nSPS) is 19.6. The van der Waals surface area contributed by atoms with Gasteiger partial charge >= 0.3 is 0 Å². The zero-order valence-electron chi connectivity index (χ0n) is 21.9. The Labute approximate surface area is 216 Å². The summed E-state index contributed by atoms with van der Waals surface area (Å²) in [6.07, 6.45) is 12.0. The molecule has 2 aliphatic rings. The summed E-state index contributed by atoms with van der Waals surface area (Å²) in [5, 5.41) is 11.5. The number of primary sulfonamides is 1. The molecule has 0 aliphatic heterocycles. The Morgan fingerprint density at radius 3 is 1.64 bits per heavy atom. The molecule has 8 nitrogen and oxygen atoms in total. The van der Waals surface area contributed by atoms with Crippen LogP contribution in [0.15, 0.2) is 29.2 Å². The minimum Gasteiger partial charge on any atom is -0.354 e. The Hall–Kier alpha value is -1.97. The van der Waals surface area contributed by atoms with Crippen molar-refractivity contribution in [1.29, 1.82) is 0 Å². The van der Waals surface area contributed by atoms with Crippen LogP contribution < -0.4 is 15.8 Å². The third kappa shape index (κ3) is 8.56. The van der Waals surface area contributed by atoms with Crippen LogP contribution in [0.2, 0.25) is 0 Å². The SMILES string of the molecule is CC(C(=O)NCC1CCCCC1)N(Cc1ccc(S(N)(=O)=O)cc1)C(C)C(=O)NCC1CCCCC1. The van der Waals surface area contributed by atoms with Crippen molar-refractivity contribution in [2.45, 2.75) is 102 Å². The molecule has 0 saturated heterocycles. The topological polar surface area (TPSA) is 122 Å². The monoisotopic (exact) mass is 520 g/mol. The number of carbonyl (C=O) groups excluding carboxylic acids is 2. The van der Waals surface area contributed by atoms with Gasteiger partial charge in [-0.25, -0.2) is 13.6 Å². The maximum atomic E-state index is 13.2. The minimum absolute atomic E-state index is 0.0364. The number of sulfonamides is 1. The first-order valence-electron chi connectivity index (χ1n) is 13.6. The van der Waals surface area contributed by atoms with E-state index in [1.807, 2.05) is 18.7 Å². The van der Waals surface area contributed by atoms with E-state index in [4.69, 9.17) is 5.14 Å². The van der Waals surface area contributed by atoms with E-state index in [0.29, 0.717) is 31.5 Å². The van der Waals surface area contributed by atoms with Gasteiger partial charge in [-0.3, -0.25) is 14.5 Å². The van der Waals surface area contributed by atoms with Crippen molar-refractivity contribution < 1.29 is 18.0 Å². The van der Waals surface area contributed by atoms with Crippen LogP contribution in [0, 0.1) is 11.8 Å². The number of nitrogens with one attached hydrogen (secondary N) is 2. The molecule has 0 radical (unpaired) electrons. The van der Waals surface area contributed by atoms with Crippen LogP contribution in [0.5, 0.6) is 0 Å². The van der Waals surface area contributed by atoms with Gasteiger partial charge in [-0.2, -0.15) is 0 Å². The van der Waals surface area contributed by atoms with Gasteiger partial charge in [-0.05, 0) is 69.1 Å². The van der Waals surface area contributed by atoms with E-state index in [1.54, 1.807) is 12.1 Å². The van der Waals surface area contributed by atoms with E-state index in [9.17, 15) is 18.0 Å². The molecule has 2 atom stereocenters. The third-order valence-electron chi connectivity index (χ3n) is 7.95. The molecule has 0 heterocycles. The van der Waals surface area contributed by atoms with E-state index in [-0.39, 0.29) is 16.7 Å². The van der Waals surface area contributed by atoms with Crippen molar-refractivity contribution in [3.8, 4) is 0 Å². The highest BCUT2D eigenvalue weighted by molar-refractivity contribution is 7.89. The fourth-order valence-electron chi connectivity index (χ4n) is 5.47. The van der Waals surface area contributed by atoms with E-state index >= 15 is 0 Å².